The zero-order chi connectivity index (χ0) is 8.81. The fourth-order valence-corrected chi connectivity index (χ4v) is 0.947. The first kappa shape index (κ1) is 9.56. The number of benzene rings is 1. The summed E-state index contributed by atoms with van der Waals surface area (Å²) in [5.74, 6) is 0.286. The Morgan fingerprint density at radius 2 is 1.92 bits per heavy atom. The summed E-state index contributed by atoms with van der Waals surface area (Å²) in [5.41, 5.74) is 1.14. The van der Waals surface area contributed by atoms with Crippen LogP contribution in [0.4, 0.5) is 0 Å². The van der Waals surface area contributed by atoms with Gasteiger partial charge in [-0.05, 0) is 5.56 Å². The Balaban J connectivity index is 2.54. The van der Waals surface area contributed by atoms with Crippen molar-refractivity contribution in [3.8, 4) is 0 Å². The monoisotopic (exact) mass is 201 g/mol. The molecule has 12 heavy (non-hydrogen) atoms. The highest BCUT2D eigenvalue weighted by Gasteiger charge is 1.91. The highest BCUT2D eigenvalue weighted by atomic mass is 35.5. The Bertz CT molecular complexity index is 256. The van der Waals surface area contributed by atoms with Crippen LogP contribution >= 0.6 is 23.2 Å². The summed E-state index contributed by atoms with van der Waals surface area (Å²) in [7, 11) is 0. The van der Waals surface area contributed by atoms with Crippen LogP contribution in [0.1, 0.15) is 5.56 Å². The number of alkyl halides is 1. The molecule has 0 aromatic heterocycles. The lowest BCUT2D eigenvalue weighted by atomic mass is 10.2. The van der Waals surface area contributed by atoms with Crippen LogP contribution in [0.25, 0.3) is 0 Å². The predicted octanol–water partition coefficient (Wildman–Crippen LogP) is 3.06. The molecule has 0 aliphatic rings. The van der Waals surface area contributed by atoms with E-state index in [1.54, 1.807) is 0 Å². The highest BCUT2D eigenvalue weighted by Crippen LogP contribution is 2.01. The molecule has 0 saturated heterocycles. The van der Waals surface area contributed by atoms with Crippen molar-refractivity contribution in [2.45, 2.75) is 6.54 Å². The molecule has 0 aliphatic heterocycles. The normalized spacial score (nSPS) is 11.7. The number of halogens is 2. The van der Waals surface area contributed by atoms with Crippen LogP contribution in [0.3, 0.4) is 0 Å². The Morgan fingerprint density at radius 3 is 2.50 bits per heavy atom. The van der Waals surface area contributed by atoms with Gasteiger partial charge in [-0.1, -0.05) is 41.9 Å². The summed E-state index contributed by atoms with van der Waals surface area (Å²) in [6.07, 6.45) is 0. The van der Waals surface area contributed by atoms with E-state index in [9.17, 15) is 0 Å². The van der Waals surface area contributed by atoms with Gasteiger partial charge in [0.15, 0.2) is 0 Å². The van der Waals surface area contributed by atoms with E-state index in [2.05, 4.69) is 4.99 Å². The second-order valence-corrected chi connectivity index (χ2v) is 3.02. The first-order valence-electron chi connectivity index (χ1n) is 3.61. The Hall–Kier alpha value is -0.530. The van der Waals surface area contributed by atoms with Crippen LogP contribution < -0.4 is 0 Å². The van der Waals surface area contributed by atoms with Crippen LogP contribution in [-0.2, 0) is 6.54 Å². The van der Waals surface area contributed by atoms with Gasteiger partial charge in [0.05, 0.1) is 12.4 Å². The zero-order valence-electron chi connectivity index (χ0n) is 6.50. The molecule has 1 nitrogen and oxygen atoms in total. The van der Waals surface area contributed by atoms with Crippen LogP contribution in [0.2, 0.25) is 0 Å². The molecular formula is C9H9Cl2N. The van der Waals surface area contributed by atoms with Crippen molar-refractivity contribution < 1.29 is 0 Å². The van der Waals surface area contributed by atoms with Crippen molar-refractivity contribution in [2.24, 2.45) is 4.99 Å². The molecule has 1 aromatic rings. The topological polar surface area (TPSA) is 12.4 Å². The van der Waals surface area contributed by atoms with Gasteiger partial charge in [0.1, 0.15) is 5.17 Å². The lowest BCUT2D eigenvalue weighted by Gasteiger charge is -1.95. The summed E-state index contributed by atoms with van der Waals surface area (Å²) in [6.45, 7) is 0.604. The molecule has 1 aromatic carbocycles. The third kappa shape index (κ3) is 3.24. The SMILES string of the molecule is ClCC(Cl)=NCc1ccccc1. The van der Waals surface area contributed by atoms with E-state index in [0.29, 0.717) is 11.7 Å². The van der Waals surface area contributed by atoms with Crippen LogP contribution in [0, 0.1) is 0 Å². The van der Waals surface area contributed by atoms with Crippen LogP contribution in [-0.4, -0.2) is 11.1 Å². The largest absolute Gasteiger partial charge is 0.272 e. The first-order valence-corrected chi connectivity index (χ1v) is 4.53. The summed E-state index contributed by atoms with van der Waals surface area (Å²) in [5, 5.41) is 0.459. The molecule has 0 bridgehead atoms. The second kappa shape index (κ2) is 5.18. The van der Waals surface area contributed by atoms with Gasteiger partial charge in [-0.3, -0.25) is 4.99 Å². The maximum absolute atomic E-state index is 5.63. The molecule has 0 radical (unpaired) electrons. The van der Waals surface area contributed by atoms with E-state index >= 15 is 0 Å². The second-order valence-electron chi connectivity index (χ2n) is 2.31. The Morgan fingerprint density at radius 1 is 1.25 bits per heavy atom. The van der Waals surface area contributed by atoms with E-state index in [0.717, 1.165) is 5.56 Å². The molecule has 1 rings (SSSR count). The fraction of sp³-hybridized carbons (Fsp3) is 0.222. The Labute approximate surface area is 82.0 Å². The molecule has 0 spiro atoms. The van der Waals surface area contributed by atoms with E-state index in [1.165, 1.54) is 0 Å². The summed E-state index contributed by atoms with van der Waals surface area (Å²) in [6, 6.07) is 9.92. The van der Waals surface area contributed by atoms with Gasteiger partial charge < -0.3 is 0 Å². The quantitative estimate of drug-likeness (QED) is 0.527. The van der Waals surface area contributed by atoms with Gasteiger partial charge in [0.2, 0.25) is 0 Å². The third-order valence-corrected chi connectivity index (χ3v) is 2.03. The van der Waals surface area contributed by atoms with Gasteiger partial charge in [-0.25, -0.2) is 0 Å². The first-order chi connectivity index (χ1) is 5.83. The number of hydrogen-bond acceptors (Lipinski definition) is 1. The molecule has 0 N–H and O–H groups in total. The number of rotatable bonds is 3. The molecule has 0 aliphatic carbocycles. The van der Waals surface area contributed by atoms with Gasteiger partial charge >= 0.3 is 0 Å². The smallest absolute Gasteiger partial charge is 0.115 e. The lowest BCUT2D eigenvalue weighted by molar-refractivity contribution is 1.07. The standard InChI is InChI=1S/C9H9Cl2N/c10-6-9(11)12-7-8-4-2-1-3-5-8/h1-5H,6-7H2. The maximum atomic E-state index is 5.63. The van der Waals surface area contributed by atoms with E-state index in [1.807, 2.05) is 30.3 Å². The lowest BCUT2D eigenvalue weighted by Crippen LogP contribution is -1.89. The number of nitrogens with zero attached hydrogens (tertiary/aromatic N) is 1. The van der Waals surface area contributed by atoms with Gasteiger partial charge in [-0.15, -0.1) is 11.6 Å². The van der Waals surface area contributed by atoms with E-state index < -0.39 is 0 Å². The van der Waals surface area contributed by atoms with Crippen molar-refractivity contribution in [1.29, 1.82) is 0 Å². The van der Waals surface area contributed by atoms with Crippen molar-refractivity contribution in [3.63, 3.8) is 0 Å². The van der Waals surface area contributed by atoms with Crippen molar-refractivity contribution in [2.75, 3.05) is 5.88 Å². The average molecular weight is 202 g/mol. The summed E-state index contributed by atoms with van der Waals surface area (Å²) >= 11 is 11.1. The molecule has 0 unspecified atom stereocenters. The molecule has 3 heteroatoms. The molecule has 0 heterocycles. The van der Waals surface area contributed by atoms with Crippen LogP contribution in [0.5, 0.6) is 0 Å². The van der Waals surface area contributed by atoms with E-state index in [4.69, 9.17) is 23.2 Å². The highest BCUT2D eigenvalue weighted by molar-refractivity contribution is 6.69. The summed E-state index contributed by atoms with van der Waals surface area (Å²) in [4.78, 5) is 4.06. The zero-order valence-corrected chi connectivity index (χ0v) is 8.02. The molecule has 0 atom stereocenters. The fourth-order valence-electron chi connectivity index (χ4n) is 0.803. The third-order valence-electron chi connectivity index (χ3n) is 1.39. The number of hydrogen-bond donors (Lipinski definition) is 0. The Kier molecular flexibility index (Phi) is 4.12. The van der Waals surface area contributed by atoms with Crippen LogP contribution in [0.15, 0.2) is 35.3 Å². The molecule has 64 valence electrons. The van der Waals surface area contributed by atoms with Crippen molar-refractivity contribution in [1.82, 2.24) is 0 Å². The summed E-state index contributed by atoms with van der Waals surface area (Å²) < 4.78 is 0. The van der Waals surface area contributed by atoms with E-state index in [-0.39, 0.29) is 5.88 Å². The average Bonchev–Trinajstić information content (AvgIpc) is 2.16. The van der Waals surface area contributed by atoms with Crippen molar-refractivity contribution in [3.05, 3.63) is 35.9 Å². The van der Waals surface area contributed by atoms with Gasteiger partial charge in [0, 0.05) is 0 Å². The molecule has 0 saturated carbocycles. The maximum Gasteiger partial charge on any atom is 0.115 e. The molecule has 0 fully saturated rings. The van der Waals surface area contributed by atoms with Crippen molar-refractivity contribution >= 4 is 28.4 Å². The number of aliphatic imine (C=N–C) groups is 1. The molecule has 0 amide bonds. The minimum atomic E-state index is 0.286. The predicted molar refractivity (Wildman–Crippen MR) is 54.2 cm³/mol. The van der Waals surface area contributed by atoms with Gasteiger partial charge in [0.25, 0.3) is 0 Å². The minimum Gasteiger partial charge on any atom is -0.272 e. The minimum absolute atomic E-state index is 0.286. The van der Waals surface area contributed by atoms with Gasteiger partial charge in [-0.2, -0.15) is 0 Å². The molecular weight excluding hydrogens is 193 g/mol.